The Kier molecular flexibility index (Phi) is 6.22. The molecule has 0 fully saturated rings. The third-order valence-corrected chi connectivity index (χ3v) is 4.41. The van der Waals surface area contributed by atoms with Crippen molar-refractivity contribution in [2.75, 3.05) is 13.1 Å². The Morgan fingerprint density at radius 2 is 2.19 bits per heavy atom. The van der Waals surface area contributed by atoms with Crippen molar-refractivity contribution in [1.82, 2.24) is 25.4 Å². The summed E-state index contributed by atoms with van der Waals surface area (Å²) < 4.78 is 1.98. The number of aryl methyl sites for hydroxylation is 2. The van der Waals surface area contributed by atoms with E-state index in [1.165, 1.54) is 0 Å². The van der Waals surface area contributed by atoms with E-state index in [4.69, 9.17) is 0 Å². The second kappa shape index (κ2) is 8.80. The number of nitrogens with zero attached hydrogens (tertiary/aromatic N) is 4. The lowest BCUT2D eigenvalue weighted by molar-refractivity contribution is 0.183. The van der Waals surface area contributed by atoms with Crippen LogP contribution in [0.2, 0.25) is 0 Å². The summed E-state index contributed by atoms with van der Waals surface area (Å²) in [5, 5.41) is 21.4. The van der Waals surface area contributed by atoms with Crippen molar-refractivity contribution in [2.24, 2.45) is 4.99 Å². The predicted octanol–water partition coefficient (Wildman–Crippen LogP) is 1.58. The van der Waals surface area contributed by atoms with Crippen molar-refractivity contribution in [1.29, 1.82) is 0 Å². The lowest BCUT2D eigenvalue weighted by Crippen LogP contribution is -2.42. The van der Waals surface area contributed by atoms with Crippen molar-refractivity contribution in [3.05, 3.63) is 47.5 Å². The van der Waals surface area contributed by atoms with Crippen LogP contribution in [0.4, 0.5) is 0 Å². The number of rotatable bonds is 6. The van der Waals surface area contributed by atoms with Gasteiger partial charge in [0.2, 0.25) is 0 Å². The average Bonchev–Trinajstić information content (AvgIpc) is 3.02. The van der Waals surface area contributed by atoms with Crippen LogP contribution in [0, 0.1) is 6.92 Å². The lowest BCUT2D eigenvalue weighted by atomic mass is 10.1. The maximum absolute atomic E-state index is 10.3. The van der Waals surface area contributed by atoms with Crippen molar-refractivity contribution < 1.29 is 5.11 Å². The van der Waals surface area contributed by atoms with Crippen LogP contribution in [0.3, 0.4) is 0 Å². The second-order valence-corrected chi connectivity index (χ2v) is 6.64. The van der Waals surface area contributed by atoms with E-state index in [-0.39, 0.29) is 6.04 Å². The monoisotopic (exact) mass is 356 g/mol. The molecule has 0 radical (unpaired) electrons. The topological polar surface area (TPSA) is 87.4 Å². The Morgan fingerprint density at radius 1 is 1.38 bits per heavy atom. The molecule has 7 heteroatoms. The zero-order valence-corrected chi connectivity index (χ0v) is 15.5. The molecule has 0 amide bonds. The van der Waals surface area contributed by atoms with Crippen LogP contribution in [0.15, 0.2) is 35.3 Å². The fourth-order valence-corrected chi connectivity index (χ4v) is 3.24. The molecular formula is C19H28N6O. The Labute approximate surface area is 154 Å². The molecule has 0 saturated heterocycles. The highest BCUT2D eigenvalue weighted by atomic mass is 16.3. The van der Waals surface area contributed by atoms with Crippen LogP contribution < -0.4 is 10.6 Å². The van der Waals surface area contributed by atoms with Crippen LogP contribution in [0.25, 0.3) is 0 Å². The molecule has 0 saturated carbocycles. The fourth-order valence-electron chi connectivity index (χ4n) is 3.24. The molecule has 1 aromatic heterocycles. The SMILES string of the molecule is CCNC(=NCC(O)Cc1ccccc1)NC1CCCn2nc(C)nc21. The first kappa shape index (κ1) is 18.4. The number of aromatic nitrogens is 3. The second-order valence-electron chi connectivity index (χ2n) is 6.64. The third-order valence-electron chi connectivity index (χ3n) is 4.41. The van der Waals surface area contributed by atoms with E-state index >= 15 is 0 Å². The number of aliphatic imine (C=N–C) groups is 1. The molecule has 3 N–H and O–H groups in total. The average molecular weight is 356 g/mol. The van der Waals surface area contributed by atoms with Crippen LogP contribution >= 0.6 is 0 Å². The minimum absolute atomic E-state index is 0.0917. The van der Waals surface area contributed by atoms with Crippen LogP contribution in [-0.2, 0) is 13.0 Å². The number of nitrogens with one attached hydrogen (secondary N) is 2. The fraction of sp³-hybridized carbons (Fsp3) is 0.526. The molecule has 0 aliphatic carbocycles. The van der Waals surface area contributed by atoms with E-state index < -0.39 is 6.10 Å². The minimum atomic E-state index is -0.509. The maximum atomic E-state index is 10.3. The van der Waals surface area contributed by atoms with Gasteiger partial charge in [-0.3, -0.25) is 4.99 Å². The Hall–Kier alpha value is -2.41. The highest BCUT2D eigenvalue weighted by molar-refractivity contribution is 5.80. The zero-order valence-electron chi connectivity index (χ0n) is 15.5. The van der Waals surface area contributed by atoms with E-state index in [0.29, 0.717) is 18.9 Å². The first-order valence-corrected chi connectivity index (χ1v) is 9.34. The van der Waals surface area contributed by atoms with Gasteiger partial charge in [-0.2, -0.15) is 5.10 Å². The van der Waals surface area contributed by atoms with Crippen LogP contribution in [-0.4, -0.2) is 45.0 Å². The molecule has 2 unspecified atom stereocenters. The van der Waals surface area contributed by atoms with Gasteiger partial charge in [-0.25, -0.2) is 9.67 Å². The summed E-state index contributed by atoms with van der Waals surface area (Å²) in [6.45, 7) is 5.98. The van der Waals surface area contributed by atoms with E-state index in [9.17, 15) is 5.11 Å². The molecule has 140 valence electrons. The van der Waals surface area contributed by atoms with E-state index in [0.717, 1.165) is 43.1 Å². The molecule has 1 aliphatic rings. The largest absolute Gasteiger partial charge is 0.391 e. The standard InChI is InChI=1S/C19H28N6O/c1-3-20-19(21-13-16(26)12-15-8-5-4-6-9-15)23-17-10-7-11-25-18(17)22-14(2)24-25/h4-6,8-9,16-17,26H,3,7,10-13H2,1-2H3,(H2,20,21,23). The third kappa shape index (κ3) is 4.82. The zero-order chi connectivity index (χ0) is 18.4. The lowest BCUT2D eigenvalue weighted by Gasteiger charge is -2.25. The molecule has 2 atom stereocenters. The summed E-state index contributed by atoms with van der Waals surface area (Å²) in [6.07, 6.45) is 2.14. The first-order valence-electron chi connectivity index (χ1n) is 9.34. The molecule has 1 aromatic carbocycles. The van der Waals surface area contributed by atoms with Gasteiger partial charge < -0.3 is 15.7 Å². The summed E-state index contributed by atoms with van der Waals surface area (Å²) >= 11 is 0. The van der Waals surface area contributed by atoms with Gasteiger partial charge >= 0.3 is 0 Å². The van der Waals surface area contributed by atoms with Gasteiger partial charge in [-0.1, -0.05) is 30.3 Å². The molecule has 0 bridgehead atoms. The van der Waals surface area contributed by atoms with Crippen molar-refractivity contribution in [3.8, 4) is 0 Å². The quantitative estimate of drug-likeness (QED) is 0.540. The van der Waals surface area contributed by atoms with Gasteiger partial charge in [0.15, 0.2) is 5.96 Å². The number of fused-ring (bicyclic) bond motifs is 1. The van der Waals surface area contributed by atoms with Crippen molar-refractivity contribution >= 4 is 5.96 Å². The number of guanidine groups is 1. The first-order chi connectivity index (χ1) is 12.7. The van der Waals surface area contributed by atoms with Gasteiger partial charge in [-0.05, 0) is 32.3 Å². The highest BCUT2D eigenvalue weighted by Gasteiger charge is 2.24. The van der Waals surface area contributed by atoms with Crippen LogP contribution in [0.1, 0.15) is 43.0 Å². The van der Waals surface area contributed by atoms with Crippen LogP contribution in [0.5, 0.6) is 0 Å². The number of aliphatic hydroxyl groups is 1. The van der Waals surface area contributed by atoms with Gasteiger partial charge in [0.1, 0.15) is 11.6 Å². The maximum Gasteiger partial charge on any atom is 0.191 e. The normalized spacial score (nSPS) is 18.3. The summed E-state index contributed by atoms with van der Waals surface area (Å²) in [5.41, 5.74) is 1.11. The Bertz CT molecular complexity index is 727. The summed E-state index contributed by atoms with van der Waals surface area (Å²) in [4.78, 5) is 9.12. The smallest absolute Gasteiger partial charge is 0.191 e. The molecule has 7 nitrogen and oxygen atoms in total. The molecule has 3 rings (SSSR count). The Balaban J connectivity index is 1.62. The number of hydrogen-bond donors (Lipinski definition) is 3. The number of hydrogen-bond acceptors (Lipinski definition) is 4. The number of aliphatic hydroxyl groups excluding tert-OH is 1. The van der Waals surface area contributed by atoms with E-state index in [1.54, 1.807) is 0 Å². The van der Waals surface area contributed by atoms with Gasteiger partial charge in [0, 0.05) is 19.5 Å². The summed E-state index contributed by atoms with van der Waals surface area (Å²) in [7, 11) is 0. The van der Waals surface area contributed by atoms with Gasteiger partial charge in [0.05, 0.1) is 18.7 Å². The Morgan fingerprint density at radius 3 is 2.96 bits per heavy atom. The molecular weight excluding hydrogens is 328 g/mol. The molecule has 1 aliphatic heterocycles. The number of benzene rings is 1. The van der Waals surface area contributed by atoms with Gasteiger partial charge in [-0.15, -0.1) is 0 Å². The van der Waals surface area contributed by atoms with E-state index in [2.05, 4.69) is 25.7 Å². The van der Waals surface area contributed by atoms with Crippen molar-refractivity contribution in [2.45, 2.75) is 51.8 Å². The minimum Gasteiger partial charge on any atom is -0.391 e. The predicted molar refractivity (Wildman–Crippen MR) is 102 cm³/mol. The van der Waals surface area contributed by atoms with Gasteiger partial charge in [0.25, 0.3) is 0 Å². The molecule has 26 heavy (non-hydrogen) atoms. The molecule has 2 aromatic rings. The highest BCUT2D eigenvalue weighted by Crippen LogP contribution is 2.22. The summed E-state index contributed by atoms with van der Waals surface area (Å²) in [5.74, 6) is 2.47. The van der Waals surface area contributed by atoms with Crippen molar-refractivity contribution in [3.63, 3.8) is 0 Å². The van der Waals surface area contributed by atoms with E-state index in [1.807, 2.05) is 48.9 Å². The molecule has 0 spiro atoms. The molecule has 2 heterocycles. The summed E-state index contributed by atoms with van der Waals surface area (Å²) in [6, 6.07) is 10.1.